The van der Waals surface area contributed by atoms with Crippen LogP contribution in [0.4, 0.5) is 22.7 Å². The first kappa shape index (κ1) is 21.2. The van der Waals surface area contributed by atoms with Gasteiger partial charge in [-0.1, -0.05) is 13.8 Å². The van der Waals surface area contributed by atoms with Gasteiger partial charge in [-0.3, -0.25) is 0 Å². The highest BCUT2D eigenvalue weighted by atomic mass is 16.5. The van der Waals surface area contributed by atoms with Crippen molar-refractivity contribution < 1.29 is 9.47 Å². The van der Waals surface area contributed by atoms with Crippen molar-refractivity contribution in [1.82, 2.24) is 0 Å². The minimum absolute atomic E-state index is 0.712. The maximum absolute atomic E-state index is 5.56. The van der Waals surface area contributed by atoms with Crippen molar-refractivity contribution in [3.05, 3.63) is 72.8 Å². The molecule has 0 saturated heterocycles. The van der Waals surface area contributed by atoms with Crippen molar-refractivity contribution in [2.75, 3.05) is 13.2 Å². The monoisotopic (exact) mass is 402 g/mol. The molecule has 30 heavy (non-hydrogen) atoms. The van der Waals surface area contributed by atoms with E-state index in [0.717, 1.165) is 47.1 Å². The van der Waals surface area contributed by atoms with E-state index in [0.29, 0.717) is 13.2 Å². The van der Waals surface area contributed by atoms with Crippen molar-refractivity contribution in [3.63, 3.8) is 0 Å². The summed E-state index contributed by atoms with van der Waals surface area (Å²) in [4.78, 5) is 0. The molecule has 0 spiro atoms. The highest BCUT2D eigenvalue weighted by Crippen LogP contribution is 2.25. The van der Waals surface area contributed by atoms with E-state index in [1.165, 1.54) is 0 Å². The van der Waals surface area contributed by atoms with Gasteiger partial charge in [0.05, 0.1) is 36.0 Å². The fourth-order valence-electron chi connectivity index (χ4n) is 2.47. The lowest BCUT2D eigenvalue weighted by Crippen LogP contribution is -1.93. The quantitative estimate of drug-likeness (QED) is 0.321. The second kappa shape index (κ2) is 11.5. The molecule has 6 nitrogen and oxygen atoms in total. The molecule has 0 aliphatic heterocycles. The summed E-state index contributed by atoms with van der Waals surface area (Å²) in [5.74, 6) is 1.68. The molecule has 0 fully saturated rings. The van der Waals surface area contributed by atoms with Crippen LogP contribution in [0.25, 0.3) is 0 Å². The van der Waals surface area contributed by atoms with E-state index in [2.05, 4.69) is 34.3 Å². The molecule has 3 aromatic carbocycles. The Hall–Kier alpha value is -3.54. The SMILES string of the molecule is CCCOc1ccc(N=Nc2ccc(N=Nc3ccc(OCCC)cc3)cc2)cc1. The Morgan fingerprint density at radius 1 is 0.467 bits per heavy atom. The van der Waals surface area contributed by atoms with Crippen LogP contribution >= 0.6 is 0 Å². The molecule has 0 aliphatic carbocycles. The largest absolute Gasteiger partial charge is 0.494 e. The van der Waals surface area contributed by atoms with Crippen molar-refractivity contribution in [2.45, 2.75) is 26.7 Å². The lowest BCUT2D eigenvalue weighted by molar-refractivity contribution is 0.317. The summed E-state index contributed by atoms with van der Waals surface area (Å²) in [6, 6.07) is 22.6. The van der Waals surface area contributed by atoms with Crippen LogP contribution in [0.2, 0.25) is 0 Å². The molecule has 3 aromatic rings. The molecule has 0 N–H and O–H groups in total. The Balaban J connectivity index is 1.55. The number of nitrogens with zero attached hydrogens (tertiary/aromatic N) is 4. The first-order chi connectivity index (χ1) is 14.8. The van der Waals surface area contributed by atoms with Crippen LogP contribution < -0.4 is 9.47 Å². The Bertz CT molecular complexity index is 870. The zero-order chi connectivity index (χ0) is 21.0. The highest BCUT2D eigenvalue weighted by molar-refractivity contribution is 5.48. The molecule has 0 heterocycles. The van der Waals surface area contributed by atoms with E-state index < -0.39 is 0 Å². The summed E-state index contributed by atoms with van der Waals surface area (Å²) < 4.78 is 11.1. The fourth-order valence-corrected chi connectivity index (χ4v) is 2.47. The van der Waals surface area contributed by atoms with Crippen LogP contribution in [0.1, 0.15) is 26.7 Å². The van der Waals surface area contributed by atoms with Crippen LogP contribution in [-0.4, -0.2) is 13.2 Å². The van der Waals surface area contributed by atoms with Gasteiger partial charge >= 0.3 is 0 Å². The standard InChI is InChI=1S/C24H26N4O2/c1-3-17-29-23-13-9-21(10-14-23)27-25-19-5-7-20(8-6-19)26-28-22-11-15-24(16-12-22)30-18-4-2/h5-16H,3-4,17-18H2,1-2H3. The molecule has 3 rings (SSSR count). The number of ether oxygens (including phenoxy) is 2. The van der Waals surface area contributed by atoms with E-state index in [1.54, 1.807) is 0 Å². The van der Waals surface area contributed by atoms with Gasteiger partial charge in [-0.2, -0.15) is 20.5 Å². The average molecular weight is 402 g/mol. The molecule has 0 bridgehead atoms. The first-order valence-corrected chi connectivity index (χ1v) is 10.2. The van der Waals surface area contributed by atoms with E-state index in [9.17, 15) is 0 Å². The van der Waals surface area contributed by atoms with Crippen molar-refractivity contribution >= 4 is 22.7 Å². The predicted octanol–water partition coefficient (Wildman–Crippen LogP) is 8.10. The van der Waals surface area contributed by atoms with Crippen molar-refractivity contribution in [2.24, 2.45) is 20.5 Å². The Morgan fingerprint density at radius 2 is 0.733 bits per heavy atom. The summed E-state index contributed by atoms with van der Waals surface area (Å²) in [7, 11) is 0. The molecular formula is C24H26N4O2. The van der Waals surface area contributed by atoms with Crippen LogP contribution in [0.3, 0.4) is 0 Å². The molecule has 0 unspecified atom stereocenters. The number of benzene rings is 3. The Kier molecular flexibility index (Phi) is 8.09. The van der Waals surface area contributed by atoms with Gasteiger partial charge in [-0.05, 0) is 85.6 Å². The van der Waals surface area contributed by atoms with E-state index in [-0.39, 0.29) is 0 Å². The van der Waals surface area contributed by atoms with Crippen molar-refractivity contribution in [1.29, 1.82) is 0 Å². The molecule has 6 heteroatoms. The van der Waals surface area contributed by atoms with Gasteiger partial charge in [-0.25, -0.2) is 0 Å². The molecule has 0 saturated carbocycles. The average Bonchev–Trinajstić information content (AvgIpc) is 2.80. The molecule has 0 amide bonds. The van der Waals surface area contributed by atoms with Crippen LogP contribution in [0.15, 0.2) is 93.3 Å². The maximum atomic E-state index is 5.56. The van der Waals surface area contributed by atoms with Gasteiger partial charge < -0.3 is 9.47 Å². The lowest BCUT2D eigenvalue weighted by atomic mass is 10.3. The summed E-state index contributed by atoms with van der Waals surface area (Å²) in [6.45, 7) is 5.58. The molecule has 154 valence electrons. The van der Waals surface area contributed by atoms with Gasteiger partial charge in [0.15, 0.2) is 0 Å². The van der Waals surface area contributed by atoms with Gasteiger partial charge in [0.2, 0.25) is 0 Å². The summed E-state index contributed by atoms with van der Waals surface area (Å²) in [6.07, 6.45) is 1.97. The van der Waals surface area contributed by atoms with E-state index >= 15 is 0 Å². The minimum Gasteiger partial charge on any atom is -0.494 e. The first-order valence-electron chi connectivity index (χ1n) is 10.2. The minimum atomic E-state index is 0.712. The predicted molar refractivity (Wildman–Crippen MR) is 119 cm³/mol. The number of hydrogen-bond donors (Lipinski definition) is 0. The van der Waals surface area contributed by atoms with Crippen molar-refractivity contribution in [3.8, 4) is 11.5 Å². The Labute approximate surface area is 177 Å². The van der Waals surface area contributed by atoms with Gasteiger partial charge in [0.25, 0.3) is 0 Å². The topological polar surface area (TPSA) is 67.9 Å². The third-order valence-corrected chi connectivity index (χ3v) is 4.03. The van der Waals surface area contributed by atoms with Crippen LogP contribution in [0, 0.1) is 0 Å². The fraction of sp³-hybridized carbons (Fsp3) is 0.250. The Morgan fingerprint density at radius 3 is 1.00 bits per heavy atom. The number of rotatable bonds is 10. The smallest absolute Gasteiger partial charge is 0.119 e. The molecule has 0 atom stereocenters. The summed E-state index contributed by atoms with van der Waals surface area (Å²) in [5, 5.41) is 17.0. The molecule has 0 radical (unpaired) electrons. The molecule has 0 aromatic heterocycles. The zero-order valence-corrected chi connectivity index (χ0v) is 17.4. The lowest BCUT2D eigenvalue weighted by Gasteiger charge is -2.03. The third-order valence-electron chi connectivity index (χ3n) is 4.03. The molecular weight excluding hydrogens is 376 g/mol. The normalized spacial score (nSPS) is 11.3. The summed E-state index contributed by atoms with van der Waals surface area (Å²) >= 11 is 0. The maximum Gasteiger partial charge on any atom is 0.119 e. The van der Waals surface area contributed by atoms with Gasteiger partial charge in [0, 0.05) is 0 Å². The summed E-state index contributed by atoms with van der Waals surface area (Å²) in [5.41, 5.74) is 3.04. The second-order valence-corrected chi connectivity index (χ2v) is 6.60. The van der Waals surface area contributed by atoms with Crippen LogP contribution in [0.5, 0.6) is 11.5 Å². The number of hydrogen-bond acceptors (Lipinski definition) is 6. The highest BCUT2D eigenvalue weighted by Gasteiger charge is 1.97. The molecule has 0 aliphatic rings. The van der Waals surface area contributed by atoms with Gasteiger partial charge in [-0.15, -0.1) is 0 Å². The van der Waals surface area contributed by atoms with Gasteiger partial charge in [0.1, 0.15) is 11.5 Å². The van der Waals surface area contributed by atoms with Crippen LogP contribution in [-0.2, 0) is 0 Å². The third kappa shape index (κ3) is 6.81. The van der Waals surface area contributed by atoms with E-state index in [1.807, 2.05) is 72.8 Å². The number of azo groups is 2. The zero-order valence-electron chi connectivity index (χ0n) is 17.4. The van der Waals surface area contributed by atoms with E-state index in [4.69, 9.17) is 9.47 Å². The second-order valence-electron chi connectivity index (χ2n) is 6.60.